The normalized spacial score (nSPS) is 10.2. The van der Waals surface area contributed by atoms with E-state index in [9.17, 15) is 4.79 Å². The van der Waals surface area contributed by atoms with Crippen LogP contribution < -0.4 is 20.7 Å². The number of hydrogen-bond donors (Lipinski definition) is 2. The molecule has 0 spiro atoms. The molecule has 0 aliphatic heterocycles. The lowest BCUT2D eigenvalue weighted by Gasteiger charge is -2.14. The molecule has 0 bridgehead atoms. The molecule has 0 radical (unpaired) electrons. The minimum atomic E-state index is -0.388. The van der Waals surface area contributed by atoms with Crippen molar-refractivity contribution in [1.82, 2.24) is 5.43 Å². The summed E-state index contributed by atoms with van der Waals surface area (Å²) in [5, 5.41) is 0.674. The van der Waals surface area contributed by atoms with Gasteiger partial charge in [0.05, 0.1) is 10.7 Å². The van der Waals surface area contributed by atoms with Gasteiger partial charge >= 0.3 is 0 Å². The lowest BCUT2D eigenvalue weighted by atomic mass is 10.2. The van der Waals surface area contributed by atoms with Crippen LogP contribution in [0, 0.1) is 3.57 Å². The van der Waals surface area contributed by atoms with Crippen molar-refractivity contribution in [2.45, 2.75) is 6.61 Å². The van der Waals surface area contributed by atoms with E-state index in [0.29, 0.717) is 28.7 Å². The third kappa shape index (κ3) is 4.02. The second-order valence-electron chi connectivity index (χ2n) is 4.38. The highest BCUT2D eigenvalue weighted by atomic mass is 127. The molecule has 0 aliphatic rings. The van der Waals surface area contributed by atoms with Crippen molar-refractivity contribution >= 4 is 40.1 Å². The van der Waals surface area contributed by atoms with E-state index < -0.39 is 0 Å². The van der Waals surface area contributed by atoms with Crippen LogP contribution in [0.3, 0.4) is 0 Å². The number of rotatable bonds is 5. The molecule has 0 aromatic heterocycles. The molecule has 0 aliphatic carbocycles. The number of halogens is 2. The summed E-state index contributed by atoms with van der Waals surface area (Å²) in [6, 6.07) is 10.6. The number of carbonyl (C=O) groups excluding carboxylic acids is 1. The molecular weight excluding hydrogens is 419 g/mol. The average Bonchev–Trinajstić information content (AvgIpc) is 2.53. The van der Waals surface area contributed by atoms with Crippen LogP contribution in [0.25, 0.3) is 0 Å². The number of methoxy groups -OCH3 is 1. The standard InChI is InChI=1S/C15H14ClIN2O3/c1-21-13-7-10(15(20)19-18)6-12(17)14(13)22-8-9-2-4-11(16)5-3-9/h2-7H,8,18H2,1H3,(H,19,20). The molecule has 1 amide bonds. The molecule has 116 valence electrons. The van der Waals surface area contributed by atoms with Gasteiger partial charge in [0.1, 0.15) is 6.61 Å². The van der Waals surface area contributed by atoms with Crippen LogP contribution in [0.1, 0.15) is 15.9 Å². The summed E-state index contributed by atoms with van der Waals surface area (Å²) in [5.74, 6) is 5.80. The Morgan fingerprint density at radius 1 is 1.32 bits per heavy atom. The molecule has 3 N–H and O–H groups in total. The molecule has 2 aromatic carbocycles. The zero-order valence-corrected chi connectivity index (χ0v) is 14.6. The first-order chi connectivity index (χ1) is 10.5. The van der Waals surface area contributed by atoms with Gasteiger partial charge in [-0.2, -0.15) is 0 Å². The first kappa shape index (κ1) is 16.9. The highest BCUT2D eigenvalue weighted by Crippen LogP contribution is 2.34. The number of nitrogen functional groups attached to an aromatic ring is 1. The highest BCUT2D eigenvalue weighted by Gasteiger charge is 2.15. The fraction of sp³-hybridized carbons (Fsp3) is 0.133. The Morgan fingerprint density at radius 3 is 2.59 bits per heavy atom. The maximum absolute atomic E-state index is 11.6. The topological polar surface area (TPSA) is 73.6 Å². The third-order valence-electron chi connectivity index (χ3n) is 2.92. The minimum absolute atomic E-state index is 0.367. The van der Waals surface area contributed by atoms with E-state index >= 15 is 0 Å². The maximum atomic E-state index is 11.6. The predicted molar refractivity (Wildman–Crippen MR) is 93.1 cm³/mol. The summed E-state index contributed by atoms with van der Waals surface area (Å²) in [4.78, 5) is 11.6. The number of nitrogens with two attached hydrogens (primary N) is 1. The Labute approximate surface area is 146 Å². The predicted octanol–water partition coefficient (Wildman–Crippen LogP) is 3.14. The van der Waals surface area contributed by atoms with Crippen molar-refractivity contribution in [3.63, 3.8) is 0 Å². The fourth-order valence-corrected chi connectivity index (χ4v) is 2.69. The van der Waals surface area contributed by atoms with Crippen LogP contribution in [0.5, 0.6) is 11.5 Å². The summed E-state index contributed by atoms with van der Waals surface area (Å²) in [6.45, 7) is 0.367. The Kier molecular flexibility index (Phi) is 5.87. The van der Waals surface area contributed by atoms with Crippen LogP contribution in [-0.2, 0) is 6.61 Å². The van der Waals surface area contributed by atoms with Gasteiger partial charge < -0.3 is 9.47 Å². The summed E-state index contributed by atoms with van der Waals surface area (Å²) >= 11 is 7.94. The molecular formula is C15H14ClIN2O3. The Hall–Kier alpha value is -1.51. The lowest BCUT2D eigenvalue weighted by Crippen LogP contribution is -2.30. The molecule has 2 aromatic rings. The molecule has 0 atom stereocenters. The van der Waals surface area contributed by atoms with E-state index in [1.807, 2.05) is 12.1 Å². The van der Waals surface area contributed by atoms with Crippen molar-refractivity contribution < 1.29 is 14.3 Å². The first-order valence-corrected chi connectivity index (χ1v) is 7.76. The van der Waals surface area contributed by atoms with E-state index in [1.54, 1.807) is 24.3 Å². The SMILES string of the molecule is COc1cc(C(=O)NN)cc(I)c1OCc1ccc(Cl)cc1. The molecule has 0 heterocycles. The quantitative estimate of drug-likeness (QED) is 0.329. The van der Waals surface area contributed by atoms with E-state index in [0.717, 1.165) is 9.13 Å². The van der Waals surface area contributed by atoms with Gasteiger partial charge in [-0.1, -0.05) is 23.7 Å². The van der Waals surface area contributed by atoms with Crippen LogP contribution >= 0.6 is 34.2 Å². The van der Waals surface area contributed by atoms with Crippen molar-refractivity contribution in [1.29, 1.82) is 0 Å². The van der Waals surface area contributed by atoms with Crippen molar-refractivity contribution in [3.8, 4) is 11.5 Å². The van der Waals surface area contributed by atoms with Crippen molar-refractivity contribution in [2.75, 3.05) is 7.11 Å². The molecule has 22 heavy (non-hydrogen) atoms. The van der Waals surface area contributed by atoms with Gasteiger partial charge in [-0.25, -0.2) is 5.84 Å². The van der Waals surface area contributed by atoms with Gasteiger partial charge in [0.2, 0.25) is 0 Å². The number of carbonyl (C=O) groups is 1. The molecule has 2 rings (SSSR count). The number of hydrogen-bond acceptors (Lipinski definition) is 4. The molecule has 0 fully saturated rings. The minimum Gasteiger partial charge on any atom is -0.493 e. The second kappa shape index (κ2) is 7.66. The highest BCUT2D eigenvalue weighted by molar-refractivity contribution is 14.1. The first-order valence-electron chi connectivity index (χ1n) is 6.31. The van der Waals surface area contributed by atoms with E-state index in [-0.39, 0.29) is 5.91 Å². The monoisotopic (exact) mass is 432 g/mol. The van der Waals surface area contributed by atoms with Gasteiger partial charge in [-0.15, -0.1) is 0 Å². The van der Waals surface area contributed by atoms with Crippen LogP contribution in [0.15, 0.2) is 36.4 Å². The molecule has 5 nitrogen and oxygen atoms in total. The van der Waals surface area contributed by atoms with Gasteiger partial charge in [0.25, 0.3) is 5.91 Å². The summed E-state index contributed by atoms with van der Waals surface area (Å²) < 4.78 is 11.9. The Morgan fingerprint density at radius 2 is 2.00 bits per heavy atom. The van der Waals surface area contributed by atoms with Gasteiger partial charge in [-0.3, -0.25) is 10.2 Å². The molecule has 0 saturated carbocycles. The van der Waals surface area contributed by atoms with Crippen molar-refractivity contribution in [2.24, 2.45) is 5.84 Å². The fourth-order valence-electron chi connectivity index (χ4n) is 1.81. The van der Waals surface area contributed by atoms with Crippen LogP contribution in [-0.4, -0.2) is 13.0 Å². The number of nitrogens with one attached hydrogen (secondary N) is 1. The molecule has 0 saturated heterocycles. The van der Waals surface area contributed by atoms with Crippen LogP contribution in [0.2, 0.25) is 5.02 Å². The Balaban J connectivity index is 2.23. The number of amides is 1. The van der Waals surface area contributed by atoms with E-state index in [2.05, 4.69) is 28.0 Å². The average molecular weight is 433 g/mol. The zero-order chi connectivity index (χ0) is 16.1. The van der Waals surface area contributed by atoms with E-state index in [4.69, 9.17) is 26.9 Å². The number of hydrazine groups is 1. The third-order valence-corrected chi connectivity index (χ3v) is 3.97. The van der Waals surface area contributed by atoms with Gasteiger partial charge in [0.15, 0.2) is 11.5 Å². The van der Waals surface area contributed by atoms with Gasteiger partial charge in [0, 0.05) is 10.6 Å². The zero-order valence-electron chi connectivity index (χ0n) is 11.7. The number of ether oxygens (including phenoxy) is 2. The molecule has 0 unspecified atom stereocenters. The summed E-state index contributed by atoms with van der Waals surface area (Å²) in [5.41, 5.74) is 3.47. The number of benzene rings is 2. The smallest absolute Gasteiger partial charge is 0.265 e. The van der Waals surface area contributed by atoms with Crippen LogP contribution in [0.4, 0.5) is 0 Å². The van der Waals surface area contributed by atoms with Crippen molar-refractivity contribution in [3.05, 3.63) is 56.1 Å². The maximum Gasteiger partial charge on any atom is 0.265 e. The van der Waals surface area contributed by atoms with E-state index in [1.165, 1.54) is 7.11 Å². The summed E-state index contributed by atoms with van der Waals surface area (Å²) in [7, 11) is 1.52. The largest absolute Gasteiger partial charge is 0.493 e. The second-order valence-corrected chi connectivity index (χ2v) is 5.98. The molecule has 7 heteroatoms. The Bertz CT molecular complexity index is 677. The van der Waals surface area contributed by atoms with Gasteiger partial charge in [-0.05, 0) is 52.4 Å². The summed E-state index contributed by atoms with van der Waals surface area (Å²) in [6.07, 6.45) is 0. The lowest BCUT2D eigenvalue weighted by molar-refractivity contribution is 0.0953.